The van der Waals surface area contributed by atoms with Crippen LogP contribution >= 0.6 is 0 Å². The molecule has 0 unspecified atom stereocenters. The van der Waals surface area contributed by atoms with E-state index >= 15 is 16.8 Å². The third-order valence-corrected chi connectivity index (χ3v) is 17.7. The van der Waals surface area contributed by atoms with Gasteiger partial charge < -0.3 is 23.7 Å². The molecule has 7 aromatic rings. The highest BCUT2D eigenvalue weighted by Gasteiger charge is 2.52. The zero-order valence-electron chi connectivity index (χ0n) is 43.5. The highest BCUT2D eigenvalue weighted by atomic mass is 32.2. The van der Waals surface area contributed by atoms with Gasteiger partial charge in [0.25, 0.3) is 31.4 Å². The van der Waals surface area contributed by atoms with Crippen LogP contribution in [-0.4, -0.2) is 90.7 Å². The number of hydrogen-bond acceptors (Lipinski definition) is 14. The molecule has 0 radical (unpaired) electrons. The maximum absolute atomic E-state index is 15.7. The van der Waals surface area contributed by atoms with Crippen molar-refractivity contribution in [1.82, 2.24) is 8.61 Å². The van der Waals surface area contributed by atoms with Gasteiger partial charge in [0.05, 0.1) is 54.5 Å². The number of hydrogen-bond donors (Lipinski definition) is 0. The predicted octanol–water partition coefficient (Wildman–Crippen LogP) is 10.5. The van der Waals surface area contributed by atoms with Gasteiger partial charge in [-0.3, -0.25) is 20.2 Å². The molecule has 418 valence electrons. The summed E-state index contributed by atoms with van der Waals surface area (Å²) in [7, 11) is -9.82. The summed E-state index contributed by atoms with van der Waals surface area (Å²) >= 11 is 0. The molecule has 81 heavy (non-hydrogen) atoms. The molecule has 1 aliphatic carbocycles. The second kappa shape index (κ2) is 27.0. The number of sulfonamides is 2. The van der Waals surface area contributed by atoms with Crippen LogP contribution in [-0.2, 0) is 76.6 Å². The largest absolute Gasteiger partial charge is 0.368 e. The standard InChI is InChI=1S/C59H57N7O13S2/c60-62-61-37-53-56(75-40-45-24-10-3-11-25-45)57(76-41-46-26-12-4-13-27-46)58(77-42-47-28-14-5-15-29-47)59(79-53)78-52-35-34-48(63(38-43-20-6-1-7-21-43)80(71,72)54-32-18-16-30-49(54)65(67)68)36-51(52)64(39-44-22-8-2-9-23-44)81(73,74)55-33-19-17-31-50(55)66(69)70/h1-35,48,51-53,56-59H,36-42H2/t48-,51-,52+,53+,56+,57-,58+,59-/m0/s1. The molecule has 2 aliphatic rings. The number of nitrogens with zero attached hydrogens (tertiary/aromatic N) is 7. The van der Waals surface area contributed by atoms with Crippen molar-refractivity contribution in [2.45, 2.75) is 98.0 Å². The second-order valence-corrected chi connectivity index (χ2v) is 22.8. The van der Waals surface area contributed by atoms with Gasteiger partial charge in [-0.15, -0.1) is 0 Å². The molecular weight excluding hydrogens is 1080 g/mol. The third-order valence-electron chi connectivity index (χ3n) is 13.8. The molecule has 9 rings (SSSR count). The van der Waals surface area contributed by atoms with Crippen LogP contribution in [0.3, 0.4) is 0 Å². The van der Waals surface area contributed by atoms with E-state index in [1.54, 1.807) is 60.7 Å². The van der Waals surface area contributed by atoms with Crippen LogP contribution < -0.4 is 0 Å². The number of rotatable bonds is 25. The van der Waals surface area contributed by atoms with Gasteiger partial charge in [-0.1, -0.05) is 193 Å². The summed E-state index contributed by atoms with van der Waals surface area (Å²) in [4.78, 5) is 25.4. The van der Waals surface area contributed by atoms with Gasteiger partial charge in [-0.2, -0.15) is 8.61 Å². The molecule has 0 spiro atoms. The van der Waals surface area contributed by atoms with Gasteiger partial charge in [0.15, 0.2) is 16.1 Å². The summed E-state index contributed by atoms with van der Waals surface area (Å²) in [5, 5.41) is 29.1. The first-order valence-corrected chi connectivity index (χ1v) is 28.7. The van der Waals surface area contributed by atoms with E-state index < -0.39 is 106 Å². The first-order chi connectivity index (χ1) is 39.3. The Bertz CT molecular complexity index is 3540. The summed E-state index contributed by atoms with van der Waals surface area (Å²) in [6.45, 7) is -0.922. The Balaban J connectivity index is 1.21. The molecule has 0 bridgehead atoms. The van der Waals surface area contributed by atoms with E-state index in [4.69, 9.17) is 23.7 Å². The van der Waals surface area contributed by atoms with Gasteiger partial charge in [0.2, 0.25) is 0 Å². The Hall–Kier alpha value is -7.99. The minimum atomic E-state index is -4.99. The molecule has 20 nitrogen and oxygen atoms in total. The van der Waals surface area contributed by atoms with Crippen molar-refractivity contribution in [2.75, 3.05) is 6.54 Å². The second-order valence-electron chi connectivity index (χ2n) is 19.1. The normalized spacial score (nSPS) is 21.1. The van der Waals surface area contributed by atoms with Crippen LogP contribution in [0, 0.1) is 20.2 Å². The van der Waals surface area contributed by atoms with Gasteiger partial charge in [-0.05, 0) is 51.9 Å². The van der Waals surface area contributed by atoms with Gasteiger partial charge in [0.1, 0.15) is 18.3 Å². The maximum atomic E-state index is 15.7. The first kappa shape index (κ1) is 57.7. The van der Waals surface area contributed by atoms with Crippen LogP contribution in [0.2, 0.25) is 0 Å². The van der Waals surface area contributed by atoms with Crippen LogP contribution in [0.4, 0.5) is 11.4 Å². The minimum absolute atomic E-state index is 0.0114. The molecule has 1 fully saturated rings. The van der Waals surface area contributed by atoms with Gasteiger partial charge >= 0.3 is 0 Å². The first-order valence-electron chi connectivity index (χ1n) is 25.9. The third kappa shape index (κ3) is 14.1. The lowest BCUT2D eigenvalue weighted by Gasteiger charge is -2.48. The number of benzene rings is 7. The Morgan fingerprint density at radius 1 is 0.531 bits per heavy atom. The van der Waals surface area contributed by atoms with Crippen LogP contribution in [0.25, 0.3) is 10.4 Å². The summed E-state index contributed by atoms with van der Waals surface area (Å²) in [5.74, 6) is 0. The minimum Gasteiger partial charge on any atom is -0.368 e. The molecule has 0 N–H and O–H groups in total. The maximum Gasteiger partial charge on any atom is 0.289 e. The van der Waals surface area contributed by atoms with Crippen molar-refractivity contribution >= 4 is 31.4 Å². The van der Waals surface area contributed by atoms with E-state index in [-0.39, 0.29) is 39.3 Å². The Morgan fingerprint density at radius 2 is 0.926 bits per heavy atom. The highest BCUT2D eigenvalue weighted by molar-refractivity contribution is 7.89. The molecular formula is C59H57N7O13S2. The molecule has 8 atom stereocenters. The SMILES string of the molecule is [N-]=[N+]=NC[C@H]1O[C@H](O[C@@H]2C=C[C@H](N(Cc3ccccc3)S(=O)(=O)c3ccccc3[N+](=O)[O-])C[C@@H]2N(Cc2ccccc2)S(=O)(=O)c2ccccc2[N+](=O)[O-])[C@H](OCc2ccccc2)[C@@H](OCc2ccccc2)[C@@H]1OCc1ccccc1. The number of ether oxygens (including phenoxy) is 5. The molecule has 1 saturated heterocycles. The lowest BCUT2D eigenvalue weighted by molar-refractivity contribution is -0.388. The Morgan fingerprint density at radius 3 is 1.38 bits per heavy atom. The average molecular weight is 1140 g/mol. The summed E-state index contributed by atoms with van der Waals surface area (Å²) in [6, 6.07) is 52.2. The smallest absolute Gasteiger partial charge is 0.289 e. The molecule has 0 aromatic heterocycles. The zero-order chi connectivity index (χ0) is 56.8. The van der Waals surface area contributed by atoms with E-state index in [2.05, 4.69) is 10.0 Å². The molecule has 22 heteroatoms. The van der Waals surface area contributed by atoms with E-state index in [0.717, 1.165) is 49.6 Å². The van der Waals surface area contributed by atoms with Crippen molar-refractivity contribution < 1.29 is 50.4 Å². The van der Waals surface area contributed by atoms with Gasteiger partial charge in [-0.25, -0.2) is 16.8 Å². The summed E-state index contributed by atoms with van der Waals surface area (Å²) < 4.78 is 98.4. The number of azide groups is 1. The average Bonchev–Trinajstić information content (AvgIpc) is 3.66. The molecule has 1 aliphatic heterocycles. The Kier molecular flexibility index (Phi) is 19.2. The van der Waals surface area contributed by atoms with E-state index in [1.165, 1.54) is 36.4 Å². The number of nitro benzene ring substituents is 2. The lowest BCUT2D eigenvalue weighted by Crippen LogP contribution is -2.63. The number of nitro groups is 2. The van der Waals surface area contributed by atoms with Crippen molar-refractivity contribution in [2.24, 2.45) is 5.11 Å². The molecule has 1 heterocycles. The fourth-order valence-electron chi connectivity index (χ4n) is 9.92. The highest BCUT2D eigenvalue weighted by Crippen LogP contribution is 2.39. The van der Waals surface area contributed by atoms with Crippen LogP contribution in [0.5, 0.6) is 0 Å². The predicted molar refractivity (Wildman–Crippen MR) is 298 cm³/mol. The quantitative estimate of drug-likeness (QED) is 0.0129. The van der Waals surface area contributed by atoms with E-state index in [1.807, 2.05) is 91.0 Å². The van der Waals surface area contributed by atoms with Crippen LogP contribution in [0.15, 0.2) is 227 Å². The summed E-state index contributed by atoms with van der Waals surface area (Å²) in [6.07, 6.45) is -4.58. The van der Waals surface area contributed by atoms with E-state index in [0.29, 0.717) is 11.1 Å². The fraction of sp³-hybridized carbons (Fsp3) is 0.254. The number of para-hydroxylation sites is 2. The van der Waals surface area contributed by atoms with Crippen molar-refractivity contribution in [1.29, 1.82) is 0 Å². The topological polar surface area (TPSA) is 256 Å². The lowest BCUT2D eigenvalue weighted by atomic mass is 9.93. The Labute approximate surface area is 468 Å². The van der Waals surface area contributed by atoms with Gasteiger partial charge in [0, 0.05) is 36.2 Å². The monoisotopic (exact) mass is 1140 g/mol. The fourth-order valence-corrected chi connectivity index (χ4v) is 13.5. The van der Waals surface area contributed by atoms with Crippen molar-refractivity contribution in [3.63, 3.8) is 0 Å². The zero-order valence-corrected chi connectivity index (χ0v) is 45.2. The summed E-state index contributed by atoms with van der Waals surface area (Å²) in [5.41, 5.74) is 11.7. The van der Waals surface area contributed by atoms with Crippen molar-refractivity contribution in [3.05, 3.63) is 271 Å². The molecule has 0 amide bonds. The van der Waals surface area contributed by atoms with E-state index in [9.17, 15) is 25.8 Å². The van der Waals surface area contributed by atoms with Crippen LogP contribution in [0.1, 0.15) is 34.2 Å². The molecule has 0 saturated carbocycles. The molecule has 7 aromatic carbocycles. The van der Waals surface area contributed by atoms with Crippen molar-refractivity contribution in [3.8, 4) is 0 Å².